The van der Waals surface area contributed by atoms with Gasteiger partial charge in [-0.3, -0.25) is 0 Å². The molecule has 0 unspecified atom stereocenters. The fraction of sp³-hybridized carbons (Fsp3) is 0.214. The zero-order valence-electron chi connectivity index (χ0n) is 10.8. The second kappa shape index (κ2) is 5.60. The highest BCUT2D eigenvalue weighted by Crippen LogP contribution is 2.33. The highest BCUT2D eigenvalue weighted by molar-refractivity contribution is 5.63. The van der Waals surface area contributed by atoms with E-state index in [4.69, 9.17) is 5.11 Å². The Hall–Kier alpha value is -2.09. The van der Waals surface area contributed by atoms with Crippen molar-refractivity contribution in [3.05, 3.63) is 53.2 Å². The quantitative estimate of drug-likeness (QED) is 0.838. The van der Waals surface area contributed by atoms with E-state index in [1.54, 1.807) is 0 Å². The minimum Gasteiger partial charge on any atom is -0.392 e. The van der Waals surface area contributed by atoms with Gasteiger partial charge < -0.3 is 5.11 Å². The smallest absolute Gasteiger partial charge is 0.392 e. The summed E-state index contributed by atoms with van der Waals surface area (Å²) in [6, 6.07) is 5.29. The van der Waals surface area contributed by atoms with E-state index in [-0.39, 0.29) is 16.8 Å². The lowest BCUT2D eigenvalue weighted by atomic mass is 10.0. The van der Waals surface area contributed by atoms with Crippen LogP contribution in [0.2, 0.25) is 0 Å². The van der Waals surface area contributed by atoms with Gasteiger partial charge in [-0.1, -0.05) is 18.2 Å². The van der Waals surface area contributed by atoms with Gasteiger partial charge in [-0.2, -0.15) is 26.3 Å². The van der Waals surface area contributed by atoms with Crippen molar-refractivity contribution in [2.24, 2.45) is 0 Å². The maximum atomic E-state index is 12.7. The Morgan fingerprint density at radius 2 is 1.41 bits per heavy atom. The third-order valence-electron chi connectivity index (χ3n) is 2.93. The van der Waals surface area contributed by atoms with E-state index >= 15 is 0 Å². The van der Waals surface area contributed by atoms with Crippen molar-refractivity contribution in [2.45, 2.75) is 19.0 Å². The molecule has 1 aromatic carbocycles. The molecule has 2 nitrogen and oxygen atoms in total. The number of halogens is 6. The van der Waals surface area contributed by atoms with Gasteiger partial charge in [0.15, 0.2) is 0 Å². The monoisotopic (exact) mass is 321 g/mol. The third-order valence-corrected chi connectivity index (χ3v) is 2.93. The van der Waals surface area contributed by atoms with Crippen LogP contribution in [0, 0.1) is 0 Å². The van der Waals surface area contributed by atoms with Gasteiger partial charge in [0.2, 0.25) is 0 Å². The number of aromatic nitrogens is 1. The van der Waals surface area contributed by atoms with Gasteiger partial charge in [-0.15, -0.1) is 0 Å². The number of nitrogens with zero attached hydrogens (tertiary/aromatic N) is 1. The molecule has 0 saturated heterocycles. The third kappa shape index (κ3) is 3.38. The number of alkyl halides is 6. The van der Waals surface area contributed by atoms with Gasteiger partial charge >= 0.3 is 12.4 Å². The van der Waals surface area contributed by atoms with Crippen LogP contribution in [-0.4, -0.2) is 10.1 Å². The summed E-state index contributed by atoms with van der Waals surface area (Å²) in [6.45, 7) is -0.582. The Kier molecular flexibility index (Phi) is 4.15. The van der Waals surface area contributed by atoms with Crippen molar-refractivity contribution >= 4 is 0 Å². The van der Waals surface area contributed by atoms with E-state index in [1.165, 1.54) is 0 Å². The molecule has 22 heavy (non-hydrogen) atoms. The second-order valence-electron chi connectivity index (χ2n) is 4.44. The molecule has 0 aliphatic heterocycles. The van der Waals surface area contributed by atoms with Crippen molar-refractivity contribution in [1.29, 1.82) is 0 Å². The van der Waals surface area contributed by atoms with Crippen LogP contribution in [-0.2, 0) is 19.0 Å². The van der Waals surface area contributed by atoms with Gasteiger partial charge in [0.1, 0.15) is 5.69 Å². The molecular formula is C14H9F6NO. The van der Waals surface area contributed by atoms with Crippen LogP contribution in [0.5, 0.6) is 0 Å². The minimum atomic E-state index is -4.69. The highest BCUT2D eigenvalue weighted by atomic mass is 19.4. The predicted molar refractivity (Wildman–Crippen MR) is 65.6 cm³/mol. The first-order valence-corrected chi connectivity index (χ1v) is 5.98. The van der Waals surface area contributed by atoms with Crippen LogP contribution in [0.25, 0.3) is 11.3 Å². The summed E-state index contributed by atoms with van der Waals surface area (Å²) in [5.74, 6) is 0. The first kappa shape index (κ1) is 16.3. The zero-order valence-corrected chi connectivity index (χ0v) is 10.8. The van der Waals surface area contributed by atoms with Crippen LogP contribution in [0.1, 0.15) is 16.8 Å². The highest BCUT2D eigenvalue weighted by Gasteiger charge is 2.33. The summed E-state index contributed by atoms with van der Waals surface area (Å²) in [5.41, 5.74) is -2.16. The average molecular weight is 321 g/mol. The van der Waals surface area contributed by atoms with E-state index < -0.39 is 30.2 Å². The molecule has 1 aromatic heterocycles. The number of hydrogen-bond acceptors (Lipinski definition) is 2. The lowest BCUT2D eigenvalue weighted by Gasteiger charge is -2.12. The van der Waals surface area contributed by atoms with Crippen LogP contribution < -0.4 is 0 Å². The van der Waals surface area contributed by atoms with Crippen molar-refractivity contribution in [1.82, 2.24) is 4.98 Å². The van der Waals surface area contributed by atoms with Crippen molar-refractivity contribution < 1.29 is 31.4 Å². The molecule has 0 bridgehead atoms. The van der Waals surface area contributed by atoms with E-state index in [0.717, 1.165) is 30.3 Å². The molecule has 0 aliphatic carbocycles. The fourth-order valence-electron chi connectivity index (χ4n) is 1.84. The standard InChI is InChI=1S/C14H9F6NO/c15-13(16,17)10-4-1-8(2-5-10)12-9(7-22)3-6-11(21-12)14(18,19)20/h1-6,22H,7H2. The number of benzene rings is 1. The Balaban J connectivity index is 2.51. The van der Waals surface area contributed by atoms with Crippen LogP contribution in [0.3, 0.4) is 0 Å². The van der Waals surface area contributed by atoms with Crippen molar-refractivity contribution in [3.8, 4) is 11.3 Å². The van der Waals surface area contributed by atoms with Crippen LogP contribution in [0.15, 0.2) is 36.4 Å². The number of aliphatic hydroxyl groups is 1. The molecule has 0 saturated carbocycles. The predicted octanol–water partition coefficient (Wildman–Crippen LogP) is 4.28. The largest absolute Gasteiger partial charge is 0.433 e. The lowest BCUT2D eigenvalue weighted by molar-refractivity contribution is -0.141. The molecule has 0 fully saturated rings. The topological polar surface area (TPSA) is 33.1 Å². The van der Waals surface area contributed by atoms with Gasteiger partial charge in [0.05, 0.1) is 17.9 Å². The maximum Gasteiger partial charge on any atom is 0.433 e. The number of rotatable bonds is 2. The van der Waals surface area contributed by atoms with Crippen LogP contribution >= 0.6 is 0 Å². The molecule has 118 valence electrons. The summed E-state index contributed by atoms with van der Waals surface area (Å²) in [5, 5.41) is 9.16. The van der Waals surface area contributed by atoms with Gasteiger partial charge in [-0.25, -0.2) is 4.98 Å². The normalized spacial score (nSPS) is 12.5. The van der Waals surface area contributed by atoms with E-state index in [9.17, 15) is 26.3 Å². The Bertz CT molecular complexity index is 661. The van der Waals surface area contributed by atoms with Crippen LogP contribution in [0.4, 0.5) is 26.3 Å². The molecule has 1 N–H and O–H groups in total. The molecule has 2 aromatic rings. The minimum absolute atomic E-state index is 0.0585. The van der Waals surface area contributed by atoms with Gasteiger partial charge in [0, 0.05) is 11.1 Å². The maximum absolute atomic E-state index is 12.7. The Morgan fingerprint density at radius 3 is 1.86 bits per heavy atom. The van der Waals surface area contributed by atoms with E-state index in [1.807, 2.05) is 0 Å². The first-order chi connectivity index (χ1) is 10.1. The average Bonchev–Trinajstić information content (AvgIpc) is 2.45. The fourth-order valence-corrected chi connectivity index (χ4v) is 1.84. The molecule has 0 aliphatic rings. The molecule has 0 atom stereocenters. The van der Waals surface area contributed by atoms with Crippen molar-refractivity contribution in [2.75, 3.05) is 0 Å². The summed E-state index contributed by atoms with van der Waals surface area (Å²) in [4.78, 5) is 3.41. The molecule has 2 rings (SSSR count). The summed E-state index contributed by atoms with van der Waals surface area (Å²) in [7, 11) is 0. The Morgan fingerprint density at radius 1 is 0.818 bits per heavy atom. The van der Waals surface area contributed by atoms with Crippen molar-refractivity contribution in [3.63, 3.8) is 0 Å². The summed E-state index contributed by atoms with van der Waals surface area (Å²) in [6.07, 6.45) is -9.23. The molecular weight excluding hydrogens is 312 g/mol. The van der Waals surface area contributed by atoms with E-state index in [0.29, 0.717) is 6.07 Å². The lowest BCUT2D eigenvalue weighted by Crippen LogP contribution is -2.10. The SMILES string of the molecule is OCc1ccc(C(F)(F)F)nc1-c1ccc(C(F)(F)F)cc1. The summed E-state index contributed by atoms with van der Waals surface area (Å²) < 4.78 is 75.4. The number of pyridine rings is 1. The zero-order chi connectivity index (χ0) is 16.5. The second-order valence-corrected chi connectivity index (χ2v) is 4.44. The van der Waals surface area contributed by atoms with Gasteiger partial charge in [-0.05, 0) is 18.2 Å². The molecule has 1 heterocycles. The first-order valence-electron chi connectivity index (χ1n) is 5.98. The summed E-state index contributed by atoms with van der Waals surface area (Å²) >= 11 is 0. The van der Waals surface area contributed by atoms with E-state index in [2.05, 4.69) is 4.98 Å². The molecule has 0 amide bonds. The Labute approximate surface area is 121 Å². The van der Waals surface area contributed by atoms with Gasteiger partial charge in [0.25, 0.3) is 0 Å². The number of hydrogen-bond donors (Lipinski definition) is 1. The molecule has 0 radical (unpaired) electrons. The molecule has 8 heteroatoms. The number of aliphatic hydroxyl groups excluding tert-OH is 1. The molecule has 0 spiro atoms.